The second kappa shape index (κ2) is 6.14. The van der Waals surface area contributed by atoms with Crippen LogP contribution in [0.4, 0.5) is 5.69 Å². The van der Waals surface area contributed by atoms with E-state index in [9.17, 15) is 0 Å². The Balaban J connectivity index is 1.42. The lowest BCUT2D eigenvalue weighted by Crippen LogP contribution is -2.31. The summed E-state index contributed by atoms with van der Waals surface area (Å²) in [6.07, 6.45) is 6.31. The Morgan fingerprint density at radius 3 is 2.68 bits per heavy atom. The van der Waals surface area contributed by atoms with Gasteiger partial charge in [-0.1, -0.05) is 42.0 Å². The first-order valence-electron chi connectivity index (χ1n) is 9.16. The number of hydrogen-bond donors (Lipinski definition) is 1. The summed E-state index contributed by atoms with van der Waals surface area (Å²) in [5, 5.41) is 3.81. The van der Waals surface area contributed by atoms with Gasteiger partial charge in [-0.05, 0) is 48.6 Å². The highest BCUT2D eigenvalue weighted by Gasteiger charge is 2.37. The molecule has 2 aliphatic heterocycles. The van der Waals surface area contributed by atoms with Gasteiger partial charge in [0, 0.05) is 23.1 Å². The molecular weight excluding hydrogens is 326 g/mol. The quantitative estimate of drug-likeness (QED) is 0.758. The summed E-state index contributed by atoms with van der Waals surface area (Å²) in [6.45, 7) is 2.18. The Morgan fingerprint density at radius 2 is 1.92 bits per heavy atom. The zero-order chi connectivity index (χ0) is 16.8. The summed E-state index contributed by atoms with van der Waals surface area (Å²) in [5.74, 6) is 4.38. The second-order valence-corrected chi connectivity index (χ2v) is 8.49. The first-order chi connectivity index (χ1) is 12.3. The van der Waals surface area contributed by atoms with E-state index in [1.165, 1.54) is 22.4 Å². The lowest BCUT2D eigenvalue weighted by molar-refractivity contribution is 0.240. The van der Waals surface area contributed by atoms with E-state index in [0.717, 1.165) is 23.7 Å². The molecule has 2 aromatic rings. The van der Waals surface area contributed by atoms with Crippen LogP contribution in [0, 0.1) is 12.8 Å². The van der Waals surface area contributed by atoms with E-state index in [4.69, 9.17) is 4.74 Å². The molecule has 25 heavy (non-hydrogen) atoms. The number of benzene rings is 2. The highest BCUT2D eigenvalue weighted by Crippen LogP contribution is 2.50. The van der Waals surface area contributed by atoms with Gasteiger partial charge in [-0.3, -0.25) is 0 Å². The minimum Gasteiger partial charge on any atom is -0.489 e. The fourth-order valence-corrected chi connectivity index (χ4v) is 4.84. The van der Waals surface area contributed by atoms with E-state index in [0.29, 0.717) is 24.0 Å². The van der Waals surface area contributed by atoms with E-state index in [1.807, 2.05) is 11.8 Å². The molecule has 128 valence electrons. The van der Waals surface area contributed by atoms with Crippen LogP contribution in [-0.4, -0.2) is 17.6 Å². The summed E-state index contributed by atoms with van der Waals surface area (Å²) in [5.41, 5.74) is 5.45. The lowest BCUT2D eigenvalue weighted by Gasteiger charge is -2.37. The van der Waals surface area contributed by atoms with Gasteiger partial charge in [-0.2, -0.15) is 11.8 Å². The Bertz CT molecular complexity index is 809. The molecule has 0 unspecified atom stereocenters. The van der Waals surface area contributed by atoms with Gasteiger partial charge >= 0.3 is 0 Å². The Morgan fingerprint density at radius 1 is 1.08 bits per heavy atom. The fraction of sp³-hybridized carbons (Fsp3) is 0.364. The SMILES string of the molecule is Cc1ccc2c(c1)[C@@H]1C=CC[C@@H]1[C@H](c1ccc(OC3CSC3)cc1)N2. The summed E-state index contributed by atoms with van der Waals surface area (Å²) in [6, 6.07) is 15.9. The van der Waals surface area contributed by atoms with Crippen LogP contribution >= 0.6 is 11.8 Å². The Kier molecular flexibility index (Phi) is 3.78. The molecule has 0 spiro atoms. The molecule has 3 heteroatoms. The van der Waals surface area contributed by atoms with Crippen LogP contribution in [0.25, 0.3) is 0 Å². The highest BCUT2D eigenvalue weighted by atomic mass is 32.2. The maximum Gasteiger partial charge on any atom is 0.119 e. The third-order valence-corrected chi connectivity index (χ3v) is 6.88. The topological polar surface area (TPSA) is 21.3 Å². The Labute approximate surface area is 153 Å². The molecule has 2 nitrogen and oxygen atoms in total. The first kappa shape index (κ1) is 15.4. The maximum absolute atomic E-state index is 6.00. The number of thioether (sulfide) groups is 1. The summed E-state index contributed by atoms with van der Waals surface area (Å²) >= 11 is 1.95. The van der Waals surface area contributed by atoms with Gasteiger partial charge in [0.05, 0.1) is 6.04 Å². The number of nitrogens with one attached hydrogen (secondary N) is 1. The van der Waals surface area contributed by atoms with Gasteiger partial charge < -0.3 is 10.1 Å². The number of aryl methyl sites for hydroxylation is 1. The number of ether oxygens (including phenoxy) is 1. The number of rotatable bonds is 3. The number of fused-ring (bicyclic) bond motifs is 3. The lowest BCUT2D eigenvalue weighted by atomic mass is 9.76. The predicted octanol–water partition coefficient (Wildman–Crippen LogP) is 5.32. The predicted molar refractivity (Wildman–Crippen MR) is 106 cm³/mol. The largest absolute Gasteiger partial charge is 0.489 e. The fourth-order valence-electron chi connectivity index (χ4n) is 4.27. The molecule has 1 N–H and O–H groups in total. The van der Waals surface area contributed by atoms with Gasteiger partial charge in [-0.15, -0.1) is 0 Å². The van der Waals surface area contributed by atoms with Crippen molar-refractivity contribution in [1.82, 2.24) is 0 Å². The molecule has 5 rings (SSSR count). The molecule has 0 aromatic heterocycles. The molecule has 0 saturated carbocycles. The van der Waals surface area contributed by atoms with Crippen molar-refractivity contribution >= 4 is 17.4 Å². The molecule has 2 heterocycles. The van der Waals surface area contributed by atoms with Crippen molar-refractivity contribution in [2.75, 3.05) is 16.8 Å². The van der Waals surface area contributed by atoms with Gasteiger partial charge in [0.25, 0.3) is 0 Å². The van der Waals surface area contributed by atoms with Crippen LogP contribution in [0.1, 0.15) is 35.1 Å². The van der Waals surface area contributed by atoms with Crippen LogP contribution in [-0.2, 0) is 0 Å². The van der Waals surface area contributed by atoms with E-state index < -0.39 is 0 Å². The monoisotopic (exact) mass is 349 g/mol. The molecule has 0 radical (unpaired) electrons. The Hall–Kier alpha value is -1.87. The summed E-state index contributed by atoms with van der Waals surface area (Å²) < 4.78 is 6.00. The normalized spacial score (nSPS) is 27.2. The number of hydrogen-bond acceptors (Lipinski definition) is 3. The molecular formula is C22H23NOS. The minimum absolute atomic E-state index is 0.364. The molecule has 1 aliphatic carbocycles. The van der Waals surface area contributed by atoms with Crippen molar-refractivity contribution < 1.29 is 4.74 Å². The maximum atomic E-state index is 6.00. The smallest absolute Gasteiger partial charge is 0.119 e. The van der Waals surface area contributed by atoms with Crippen molar-refractivity contribution in [3.05, 3.63) is 71.3 Å². The van der Waals surface area contributed by atoms with Crippen molar-refractivity contribution in [2.45, 2.75) is 31.4 Å². The van der Waals surface area contributed by atoms with Gasteiger partial charge in [-0.25, -0.2) is 0 Å². The standard InChI is InChI=1S/C22H23NOS/c1-14-5-10-21-20(11-14)18-3-2-4-19(18)22(23-21)15-6-8-16(9-7-15)24-17-12-25-13-17/h2-3,5-11,17-19,22-23H,4,12-13H2,1H3/t18-,19+,22+/m1/s1. The number of anilines is 1. The van der Waals surface area contributed by atoms with Crippen molar-refractivity contribution in [3.63, 3.8) is 0 Å². The number of allylic oxidation sites excluding steroid dienone is 2. The van der Waals surface area contributed by atoms with E-state index in [-0.39, 0.29) is 0 Å². The van der Waals surface area contributed by atoms with E-state index in [2.05, 4.69) is 66.9 Å². The second-order valence-electron chi connectivity index (χ2n) is 7.41. The average Bonchev–Trinajstić information content (AvgIpc) is 3.08. The molecule has 0 bridgehead atoms. The average molecular weight is 349 g/mol. The van der Waals surface area contributed by atoms with E-state index >= 15 is 0 Å². The van der Waals surface area contributed by atoms with Crippen LogP contribution < -0.4 is 10.1 Å². The zero-order valence-electron chi connectivity index (χ0n) is 14.4. The third-order valence-electron chi connectivity index (χ3n) is 5.67. The molecule has 3 atom stereocenters. The molecule has 2 aromatic carbocycles. The van der Waals surface area contributed by atoms with Gasteiger partial charge in [0.2, 0.25) is 0 Å². The van der Waals surface area contributed by atoms with Crippen LogP contribution in [0.3, 0.4) is 0 Å². The molecule has 0 amide bonds. The van der Waals surface area contributed by atoms with Gasteiger partial charge in [0.1, 0.15) is 11.9 Å². The third kappa shape index (κ3) is 2.75. The highest BCUT2D eigenvalue weighted by molar-refractivity contribution is 8.00. The summed E-state index contributed by atoms with van der Waals surface area (Å²) in [7, 11) is 0. The van der Waals surface area contributed by atoms with Crippen LogP contribution in [0.2, 0.25) is 0 Å². The van der Waals surface area contributed by atoms with E-state index in [1.54, 1.807) is 0 Å². The van der Waals surface area contributed by atoms with Crippen molar-refractivity contribution in [1.29, 1.82) is 0 Å². The van der Waals surface area contributed by atoms with Crippen LogP contribution in [0.5, 0.6) is 5.75 Å². The first-order valence-corrected chi connectivity index (χ1v) is 10.3. The summed E-state index contributed by atoms with van der Waals surface area (Å²) in [4.78, 5) is 0. The zero-order valence-corrected chi connectivity index (χ0v) is 15.3. The van der Waals surface area contributed by atoms with Crippen molar-refractivity contribution in [3.8, 4) is 5.75 Å². The molecule has 1 fully saturated rings. The van der Waals surface area contributed by atoms with Crippen LogP contribution in [0.15, 0.2) is 54.6 Å². The molecule has 1 saturated heterocycles. The minimum atomic E-state index is 0.364. The molecule has 3 aliphatic rings. The van der Waals surface area contributed by atoms with Gasteiger partial charge in [0.15, 0.2) is 0 Å². The van der Waals surface area contributed by atoms with Crippen molar-refractivity contribution in [2.24, 2.45) is 5.92 Å².